The van der Waals surface area contributed by atoms with E-state index in [0.717, 1.165) is 22.0 Å². The first-order valence-corrected chi connectivity index (χ1v) is 6.86. The third-order valence-corrected chi connectivity index (χ3v) is 4.13. The van der Waals surface area contributed by atoms with Gasteiger partial charge in [0.1, 0.15) is 10.0 Å². The Morgan fingerprint density at radius 2 is 2.12 bits per heavy atom. The monoisotopic (exact) mass is 259 g/mol. The number of aromatic nitrogens is 3. The van der Waals surface area contributed by atoms with Gasteiger partial charge in [-0.15, -0.1) is 21.5 Å². The van der Waals surface area contributed by atoms with E-state index < -0.39 is 0 Å². The van der Waals surface area contributed by atoms with E-state index in [4.69, 9.17) is 0 Å². The Balaban J connectivity index is 1.84. The lowest BCUT2D eigenvalue weighted by atomic mass is 10.3. The Hall–Kier alpha value is -1.59. The van der Waals surface area contributed by atoms with E-state index in [1.807, 2.05) is 18.3 Å². The van der Waals surface area contributed by atoms with Gasteiger partial charge in [0.05, 0.1) is 0 Å². The fourth-order valence-corrected chi connectivity index (χ4v) is 3.15. The van der Waals surface area contributed by atoms with Crippen molar-refractivity contribution >= 4 is 22.7 Å². The topological polar surface area (TPSA) is 38.7 Å². The van der Waals surface area contributed by atoms with Crippen molar-refractivity contribution in [3.8, 4) is 10.6 Å². The van der Waals surface area contributed by atoms with Crippen molar-refractivity contribution in [1.82, 2.24) is 15.2 Å². The molecule has 0 spiro atoms. The maximum atomic E-state index is 4.21. The van der Waals surface area contributed by atoms with E-state index in [0.29, 0.717) is 0 Å². The zero-order valence-corrected chi connectivity index (χ0v) is 10.5. The average Bonchev–Trinajstić information content (AvgIpc) is 3.02. The van der Waals surface area contributed by atoms with Gasteiger partial charge in [0.15, 0.2) is 0 Å². The number of thiophene rings is 1. The molecule has 0 amide bonds. The van der Waals surface area contributed by atoms with Crippen LogP contribution in [-0.4, -0.2) is 15.2 Å². The van der Waals surface area contributed by atoms with E-state index in [1.165, 1.54) is 4.88 Å². The summed E-state index contributed by atoms with van der Waals surface area (Å²) < 4.78 is 0. The highest BCUT2D eigenvalue weighted by Crippen LogP contribution is 2.24. The summed E-state index contributed by atoms with van der Waals surface area (Å²) in [5.41, 5.74) is 1.03. The van der Waals surface area contributed by atoms with E-state index in [9.17, 15) is 0 Å². The van der Waals surface area contributed by atoms with Crippen LogP contribution in [0.2, 0.25) is 0 Å². The van der Waals surface area contributed by atoms with Crippen LogP contribution < -0.4 is 0 Å². The van der Waals surface area contributed by atoms with Crippen LogP contribution in [0.1, 0.15) is 9.88 Å². The van der Waals surface area contributed by atoms with Gasteiger partial charge in [0, 0.05) is 29.3 Å². The number of hydrogen-bond donors (Lipinski definition) is 0. The molecule has 0 bridgehead atoms. The molecule has 0 N–H and O–H groups in total. The molecule has 0 aromatic carbocycles. The van der Waals surface area contributed by atoms with Gasteiger partial charge >= 0.3 is 0 Å². The normalized spacial score (nSPS) is 10.6. The minimum absolute atomic E-state index is 0.871. The molecule has 0 unspecified atom stereocenters. The van der Waals surface area contributed by atoms with Crippen molar-refractivity contribution in [2.75, 3.05) is 0 Å². The Kier molecular flexibility index (Phi) is 2.94. The summed E-state index contributed by atoms with van der Waals surface area (Å²) in [5, 5.41) is 12.5. The van der Waals surface area contributed by atoms with Crippen LogP contribution in [0, 0.1) is 0 Å². The number of hydrogen-bond acceptors (Lipinski definition) is 5. The van der Waals surface area contributed by atoms with Crippen LogP contribution in [0.4, 0.5) is 0 Å². The summed E-state index contributed by atoms with van der Waals surface area (Å²) in [4.78, 5) is 5.41. The molecule has 0 radical (unpaired) electrons. The fraction of sp³-hybridized carbons (Fsp3) is 0.0833. The second-order valence-corrected chi connectivity index (χ2v) is 5.59. The standard InChI is InChI=1S/C12H9N3S2/c1-3-9(8-13-5-1)12-15-14-11(17-12)7-10-4-2-6-16-10/h1-6,8H,7H2. The quantitative estimate of drug-likeness (QED) is 0.724. The first-order chi connectivity index (χ1) is 8.42. The van der Waals surface area contributed by atoms with Gasteiger partial charge in [-0.3, -0.25) is 4.98 Å². The second-order valence-electron chi connectivity index (χ2n) is 3.50. The first kappa shape index (κ1) is 10.6. The van der Waals surface area contributed by atoms with Crippen LogP contribution in [0.15, 0.2) is 42.0 Å². The predicted molar refractivity (Wildman–Crippen MR) is 70.3 cm³/mol. The zero-order valence-electron chi connectivity index (χ0n) is 8.91. The van der Waals surface area contributed by atoms with Gasteiger partial charge in [-0.05, 0) is 23.6 Å². The summed E-state index contributed by atoms with van der Waals surface area (Å²) in [7, 11) is 0. The summed E-state index contributed by atoms with van der Waals surface area (Å²) in [5.74, 6) is 0. The smallest absolute Gasteiger partial charge is 0.149 e. The van der Waals surface area contributed by atoms with Crippen molar-refractivity contribution in [3.05, 3.63) is 51.9 Å². The fourth-order valence-electron chi connectivity index (χ4n) is 1.49. The molecule has 0 saturated carbocycles. The van der Waals surface area contributed by atoms with Gasteiger partial charge < -0.3 is 0 Å². The minimum Gasteiger partial charge on any atom is -0.264 e. The highest BCUT2D eigenvalue weighted by molar-refractivity contribution is 7.15. The van der Waals surface area contributed by atoms with Crippen LogP contribution in [0.25, 0.3) is 10.6 Å². The minimum atomic E-state index is 0.871. The van der Waals surface area contributed by atoms with Gasteiger partial charge in [0.2, 0.25) is 0 Å². The molecule has 0 saturated heterocycles. The number of rotatable bonds is 3. The molecular weight excluding hydrogens is 250 g/mol. The second kappa shape index (κ2) is 4.73. The molecule has 17 heavy (non-hydrogen) atoms. The van der Waals surface area contributed by atoms with Crippen molar-refractivity contribution in [2.24, 2.45) is 0 Å². The zero-order chi connectivity index (χ0) is 11.5. The van der Waals surface area contributed by atoms with Crippen molar-refractivity contribution in [1.29, 1.82) is 0 Å². The summed E-state index contributed by atoms with van der Waals surface area (Å²) in [6.45, 7) is 0. The van der Waals surface area contributed by atoms with Crippen molar-refractivity contribution < 1.29 is 0 Å². The van der Waals surface area contributed by atoms with Crippen molar-refractivity contribution in [3.63, 3.8) is 0 Å². The van der Waals surface area contributed by atoms with Gasteiger partial charge in [-0.25, -0.2) is 0 Å². The van der Waals surface area contributed by atoms with Gasteiger partial charge in [0.25, 0.3) is 0 Å². The molecule has 3 heterocycles. The SMILES string of the molecule is c1cncc(-c2nnc(Cc3cccs3)s2)c1. The van der Waals surface area contributed by atoms with Crippen LogP contribution >= 0.6 is 22.7 Å². The highest BCUT2D eigenvalue weighted by Gasteiger charge is 2.07. The van der Waals surface area contributed by atoms with E-state index in [-0.39, 0.29) is 0 Å². The molecule has 5 heteroatoms. The molecule has 0 aliphatic heterocycles. The Morgan fingerprint density at radius 3 is 2.88 bits per heavy atom. The Bertz CT molecular complexity index is 587. The number of pyridine rings is 1. The average molecular weight is 259 g/mol. The lowest BCUT2D eigenvalue weighted by molar-refractivity contribution is 1.01. The van der Waals surface area contributed by atoms with E-state index >= 15 is 0 Å². The third-order valence-electron chi connectivity index (χ3n) is 2.28. The molecule has 3 rings (SSSR count). The summed E-state index contributed by atoms with van der Waals surface area (Å²) >= 11 is 3.38. The lowest BCUT2D eigenvalue weighted by Gasteiger charge is -1.91. The third kappa shape index (κ3) is 2.40. The Labute approximate surface area is 107 Å². The molecule has 3 nitrogen and oxygen atoms in total. The largest absolute Gasteiger partial charge is 0.264 e. The van der Waals surface area contributed by atoms with Gasteiger partial charge in [-0.2, -0.15) is 0 Å². The first-order valence-electron chi connectivity index (χ1n) is 5.17. The van der Waals surface area contributed by atoms with E-state index in [1.54, 1.807) is 28.9 Å². The highest BCUT2D eigenvalue weighted by atomic mass is 32.1. The molecule has 0 fully saturated rings. The summed E-state index contributed by atoms with van der Waals surface area (Å²) in [6, 6.07) is 8.09. The molecule has 84 valence electrons. The molecule has 3 aromatic rings. The molecule has 0 atom stereocenters. The maximum absolute atomic E-state index is 4.21. The molecular formula is C12H9N3S2. The van der Waals surface area contributed by atoms with Crippen LogP contribution in [0.3, 0.4) is 0 Å². The summed E-state index contributed by atoms with van der Waals surface area (Å²) in [6.07, 6.45) is 4.45. The number of nitrogens with zero attached hydrogens (tertiary/aromatic N) is 3. The lowest BCUT2D eigenvalue weighted by Crippen LogP contribution is -1.82. The predicted octanol–water partition coefficient (Wildman–Crippen LogP) is 3.25. The molecule has 0 aliphatic carbocycles. The molecule has 0 aliphatic rings. The maximum Gasteiger partial charge on any atom is 0.149 e. The van der Waals surface area contributed by atoms with Crippen molar-refractivity contribution in [2.45, 2.75) is 6.42 Å². The molecule has 3 aromatic heterocycles. The van der Waals surface area contributed by atoms with E-state index in [2.05, 4.69) is 32.7 Å². The van der Waals surface area contributed by atoms with Gasteiger partial charge in [-0.1, -0.05) is 17.4 Å². The Morgan fingerprint density at radius 1 is 1.12 bits per heavy atom. The van der Waals surface area contributed by atoms with Crippen LogP contribution in [0.5, 0.6) is 0 Å². The van der Waals surface area contributed by atoms with Crippen LogP contribution in [-0.2, 0) is 6.42 Å².